The van der Waals surface area contributed by atoms with Crippen LogP contribution < -0.4 is 4.74 Å². The Balaban J connectivity index is 1.84. The van der Waals surface area contributed by atoms with Gasteiger partial charge in [-0.3, -0.25) is 4.79 Å². The van der Waals surface area contributed by atoms with Gasteiger partial charge < -0.3 is 19.5 Å². The van der Waals surface area contributed by atoms with Crippen LogP contribution in [0.2, 0.25) is 0 Å². The summed E-state index contributed by atoms with van der Waals surface area (Å²) >= 11 is 0. The second-order valence-corrected chi connectivity index (χ2v) is 5.42. The van der Waals surface area contributed by atoms with Gasteiger partial charge in [0.15, 0.2) is 0 Å². The van der Waals surface area contributed by atoms with E-state index in [2.05, 4.69) is 0 Å². The van der Waals surface area contributed by atoms with Gasteiger partial charge in [0, 0.05) is 32.5 Å². The van der Waals surface area contributed by atoms with Crippen molar-refractivity contribution in [3.8, 4) is 5.75 Å². The van der Waals surface area contributed by atoms with Gasteiger partial charge in [0.1, 0.15) is 5.75 Å². The lowest BCUT2D eigenvalue weighted by atomic mass is 10.0. The van der Waals surface area contributed by atoms with Crippen LogP contribution in [0.15, 0.2) is 24.3 Å². The standard InChI is InChI=1S/C16H23NO4/c1-20-11-15(18)13-9-16(19)17(10-13)8-7-12-3-5-14(21-2)6-4-12/h3-6,13,15,18H,7-11H2,1-2H3/t13-,15+/m1/s1. The van der Waals surface area contributed by atoms with Gasteiger partial charge in [-0.25, -0.2) is 0 Å². The number of likely N-dealkylation sites (tertiary alicyclic amines) is 1. The summed E-state index contributed by atoms with van der Waals surface area (Å²) < 4.78 is 10.1. The zero-order valence-corrected chi connectivity index (χ0v) is 12.6. The maximum absolute atomic E-state index is 12.0. The second kappa shape index (κ2) is 7.43. The SMILES string of the molecule is COC[C@H](O)[C@@H]1CC(=O)N(CCc2ccc(OC)cc2)C1. The number of ether oxygens (including phenoxy) is 2. The van der Waals surface area contributed by atoms with Crippen LogP contribution in [-0.4, -0.2) is 55.9 Å². The molecule has 1 fully saturated rings. The monoisotopic (exact) mass is 293 g/mol. The van der Waals surface area contributed by atoms with Crippen molar-refractivity contribution >= 4 is 5.91 Å². The first-order valence-electron chi connectivity index (χ1n) is 7.21. The average Bonchev–Trinajstić information content (AvgIpc) is 2.87. The number of hydrogen-bond acceptors (Lipinski definition) is 4. The predicted molar refractivity (Wildman–Crippen MR) is 79.3 cm³/mol. The Morgan fingerprint density at radius 3 is 2.67 bits per heavy atom. The second-order valence-electron chi connectivity index (χ2n) is 5.42. The number of aliphatic hydroxyl groups is 1. The molecule has 0 aliphatic carbocycles. The minimum Gasteiger partial charge on any atom is -0.497 e. The molecule has 1 heterocycles. The molecule has 116 valence electrons. The molecular weight excluding hydrogens is 270 g/mol. The molecule has 21 heavy (non-hydrogen) atoms. The zero-order valence-electron chi connectivity index (χ0n) is 12.6. The summed E-state index contributed by atoms with van der Waals surface area (Å²) in [6.45, 7) is 1.57. The Morgan fingerprint density at radius 2 is 2.05 bits per heavy atom. The fourth-order valence-corrected chi connectivity index (χ4v) is 2.64. The van der Waals surface area contributed by atoms with E-state index in [4.69, 9.17) is 9.47 Å². The van der Waals surface area contributed by atoms with E-state index in [1.807, 2.05) is 29.2 Å². The number of nitrogens with zero attached hydrogens (tertiary/aromatic N) is 1. The third-order valence-electron chi connectivity index (χ3n) is 3.96. The first-order chi connectivity index (χ1) is 10.1. The van der Waals surface area contributed by atoms with Gasteiger partial charge >= 0.3 is 0 Å². The number of carbonyl (C=O) groups is 1. The molecule has 5 heteroatoms. The number of hydrogen-bond donors (Lipinski definition) is 1. The first-order valence-corrected chi connectivity index (χ1v) is 7.21. The van der Waals surface area contributed by atoms with Crippen LogP contribution in [0.5, 0.6) is 5.75 Å². The summed E-state index contributed by atoms with van der Waals surface area (Å²) in [5.41, 5.74) is 1.17. The molecule has 0 spiro atoms. The Labute approximate surface area is 125 Å². The molecule has 0 unspecified atom stereocenters. The van der Waals surface area contributed by atoms with Crippen molar-refractivity contribution in [2.45, 2.75) is 18.9 Å². The van der Waals surface area contributed by atoms with Gasteiger partial charge in [-0.05, 0) is 24.1 Å². The number of methoxy groups -OCH3 is 2. The zero-order chi connectivity index (χ0) is 15.2. The van der Waals surface area contributed by atoms with Gasteiger partial charge in [-0.1, -0.05) is 12.1 Å². The van der Waals surface area contributed by atoms with E-state index in [1.54, 1.807) is 14.2 Å². The molecule has 1 aliphatic heterocycles. The van der Waals surface area contributed by atoms with E-state index < -0.39 is 6.10 Å². The first kappa shape index (κ1) is 15.8. The lowest BCUT2D eigenvalue weighted by Crippen LogP contribution is -2.30. The minimum atomic E-state index is -0.565. The largest absolute Gasteiger partial charge is 0.497 e. The molecule has 1 amide bonds. The van der Waals surface area contributed by atoms with Crippen LogP contribution in [0.4, 0.5) is 0 Å². The van der Waals surface area contributed by atoms with Crippen LogP contribution in [0.25, 0.3) is 0 Å². The van der Waals surface area contributed by atoms with E-state index in [0.29, 0.717) is 19.5 Å². The number of carbonyl (C=O) groups excluding carboxylic acids is 1. The van der Waals surface area contributed by atoms with Gasteiger partial charge in [-0.2, -0.15) is 0 Å². The van der Waals surface area contributed by atoms with E-state index >= 15 is 0 Å². The molecule has 0 bridgehead atoms. The van der Waals surface area contributed by atoms with Crippen molar-refractivity contribution < 1.29 is 19.4 Å². The van der Waals surface area contributed by atoms with Gasteiger partial charge in [0.05, 0.1) is 19.8 Å². The molecule has 0 radical (unpaired) electrons. The Kier molecular flexibility index (Phi) is 5.59. The van der Waals surface area contributed by atoms with Crippen molar-refractivity contribution in [3.05, 3.63) is 29.8 Å². The van der Waals surface area contributed by atoms with Crippen molar-refractivity contribution in [2.75, 3.05) is 33.9 Å². The number of benzene rings is 1. The molecule has 1 aliphatic rings. The number of amides is 1. The summed E-state index contributed by atoms with van der Waals surface area (Å²) in [5, 5.41) is 9.91. The van der Waals surface area contributed by atoms with Crippen molar-refractivity contribution in [1.29, 1.82) is 0 Å². The highest BCUT2D eigenvalue weighted by Crippen LogP contribution is 2.22. The van der Waals surface area contributed by atoms with E-state index in [9.17, 15) is 9.90 Å². The smallest absolute Gasteiger partial charge is 0.223 e. The van der Waals surface area contributed by atoms with Gasteiger partial charge in [0.25, 0.3) is 0 Å². The summed E-state index contributed by atoms with van der Waals surface area (Å²) in [4.78, 5) is 13.8. The molecule has 1 aromatic carbocycles. The molecule has 2 atom stereocenters. The fraction of sp³-hybridized carbons (Fsp3) is 0.562. The highest BCUT2D eigenvalue weighted by Gasteiger charge is 2.33. The van der Waals surface area contributed by atoms with E-state index in [1.165, 1.54) is 5.56 Å². The predicted octanol–water partition coefficient (Wildman–Crippen LogP) is 1.09. The van der Waals surface area contributed by atoms with Crippen molar-refractivity contribution in [1.82, 2.24) is 4.90 Å². The highest BCUT2D eigenvalue weighted by atomic mass is 16.5. The average molecular weight is 293 g/mol. The molecule has 1 aromatic rings. The maximum Gasteiger partial charge on any atom is 0.223 e. The van der Waals surface area contributed by atoms with E-state index in [-0.39, 0.29) is 18.4 Å². The summed E-state index contributed by atoms with van der Waals surface area (Å²) in [7, 11) is 3.20. The Morgan fingerprint density at radius 1 is 1.33 bits per heavy atom. The van der Waals surface area contributed by atoms with Crippen LogP contribution in [0.3, 0.4) is 0 Å². The van der Waals surface area contributed by atoms with E-state index in [0.717, 1.165) is 12.2 Å². The third kappa shape index (κ3) is 4.19. The molecule has 1 N–H and O–H groups in total. The summed E-state index contributed by atoms with van der Waals surface area (Å²) in [6, 6.07) is 7.87. The molecule has 0 saturated carbocycles. The van der Waals surface area contributed by atoms with Crippen molar-refractivity contribution in [3.63, 3.8) is 0 Å². The quantitative estimate of drug-likeness (QED) is 0.817. The number of aliphatic hydroxyl groups excluding tert-OH is 1. The maximum atomic E-state index is 12.0. The molecule has 2 rings (SSSR count). The van der Waals surface area contributed by atoms with Crippen LogP contribution >= 0.6 is 0 Å². The van der Waals surface area contributed by atoms with Gasteiger partial charge in [-0.15, -0.1) is 0 Å². The summed E-state index contributed by atoms with van der Waals surface area (Å²) in [6.07, 6.45) is 0.653. The molecular formula is C16H23NO4. The van der Waals surface area contributed by atoms with Crippen LogP contribution in [-0.2, 0) is 16.0 Å². The Hall–Kier alpha value is -1.59. The highest BCUT2D eigenvalue weighted by molar-refractivity contribution is 5.78. The summed E-state index contributed by atoms with van der Waals surface area (Å²) in [5.74, 6) is 0.927. The van der Waals surface area contributed by atoms with Gasteiger partial charge in [0.2, 0.25) is 5.91 Å². The van der Waals surface area contributed by atoms with Crippen LogP contribution in [0.1, 0.15) is 12.0 Å². The Bertz CT molecular complexity index is 460. The third-order valence-corrected chi connectivity index (χ3v) is 3.96. The molecule has 0 aromatic heterocycles. The normalized spacial score (nSPS) is 19.9. The number of rotatable bonds is 7. The fourth-order valence-electron chi connectivity index (χ4n) is 2.64. The van der Waals surface area contributed by atoms with Crippen LogP contribution in [0, 0.1) is 5.92 Å². The molecule has 1 saturated heterocycles. The lowest BCUT2D eigenvalue weighted by molar-refractivity contribution is -0.127. The minimum absolute atomic E-state index is 0.0201. The van der Waals surface area contributed by atoms with Crippen molar-refractivity contribution in [2.24, 2.45) is 5.92 Å². The lowest BCUT2D eigenvalue weighted by Gasteiger charge is -2.19. The molecule has 5 nitrogen and oxygen atoms in total. The topological polar surface area (TPSA) is 59.0 Å².